The third-order valence-electron chi connectivity index (χ3n) is 3.12. The first-order valence-corrected chi connectivity index (χ1v) is 6.91. The van der Waals surface area contributed by atoms with Crippen LogP contribution in [-0.4, -0.2) is 14.2 Å². The maximum atomic E-state index is 12.7. The van der Waals surface area contributed by atoms with Crippen molar-refractivity contribution in [3.63, 3.8) is 0 Å². The normalized spacial score (nSPS) is 21.5. The zero-order valence-corrected chi connectivity index (χ0v) is 10.0. The highest BCUT2D eigenvalue weighted by molar-refractivity contribution is 7.86. The molecule has 3 nitrogen and oxygen atoms in total. The molecule has 0 amide bonds. The number of halogens is 1. The van der Waals surface area contributed by atoms with Crippen molar-refractivity contribution < 1.29 is 17.1 Å². The van der Waals surface area contributed by atoms with Crippen molar-refractivity contribution in [2.45, 2.75) is 36.5 Å². The number of rotatable bonds is 2. The van der Waals surface area contributed by atoms with Crippen molar-refractivity contribution in [1.29, 1.82) is 0 Å². The zero-order valence-electron chi connectivity index (χ0n) is 9.23. The Hall–Kier alpha value is -1.23. The molecule has 5 heteroatoms. The van der Waals surface area contributed by atoms with Crippen molar-refractivity contribution in [1.82, 2.24) is 0 Å². The highest BCUT2D eigenvalue weighted by atomic mass is 32.3. The molecular weight excluding hydrogens is 243 g/mol. The largest absolute Gasteiger partial charge is 0.332 e. The molecule has 1 aliphatic carbocycles. The molecule has 0 aliphatic heterocycles. The average molecular weight is 256 g/mol. The maximum absolute atomic E-state index is 12.7. The van der Waals surface area contributed by atoms with Gasteiger partial charge in [0, 0.05) is 12.8 Å². The van der Waals surface area contributed by atoms with E-state index in [-0.39, 0.29) is 16.6 Å². The molecule has 92 valence electrons. The molecule has 0 spiro atoms. The van der Waals surface area contributed by atoms with Crippen molar-refractivity contribution in [2.75, 3.05) is 0 Å². The van der Waals surface area contributed by atoms with E-state index in [1.54, 1.807) is 12.1 Å². The lowest BCUT2D eigenvalue weighted by Gasteiger charge is -2.21. The Balaban J connectivity index is 2.20. The molecular formula is C12H13FO3S. The van der Waals surface area contributed by atoms with Crippen molar-refractivity contribution in [3.05, 3.63) is 29.8 Å². The minimum absolute atomic E-state index is 0.146. The van der Waals surface area contributed by atoms with Gasteiger partial charge >= 0.3 is 10.2 Å². The Bertz CT molecular complexity index is 519. The first-order chi connectivity index (χ1) is 7.97. The molecule has 0 saturated heterocycles. The van der Waals surface area contributed by atoms with Gasteiger partial charge in [-0.25, -0.2) is 0 Å². The average Bonchev–Trinajstić information content (AvgIpc) is 2.28. The van der Waals surface area contributed by atoms with Gasteiger partial charge in [0.05, 0.1) is 4.90 Å². The van der Waals surface area contributed by atoms with Crippen LogP contribution in [0, 0.1) is 0 Å². The van der Waals surface area contributed by atoms with Crippen LogP contribution in [0.3, 0.4) is 0 Å². The molecule has 1 aromatic rings. The second kappa shape index (κ2) is 4.56. The Morgan fingerprint density at radius 3 is 2.35 bits per heavy atom. The number of benzene rings is 1. The van der Waals surface area contributed by atoms with E-state index in [4.69, 9.17) is 0 Å². The summed E-state index contributed by atoms with van der Waals surface area (Å²) < 4.78 is 34.0. The number of carbonyl (C=O) groups is 1. The summed E-state index contributed by atoms with van der Waals surface area (Å²) in [5.41, 5.74) is 0.908. The predicted octanol–water partition coefficient (Wildman–Crippen LogP) is 2.57. The van der Waals surface area contributed by atoms with Crippen LogP contribution in [0.1, 0.15) is 37.2 Å². The molecule has 0 aromatic heterocycles. The SMILES string of the molecule is O=C1CCCC(c2ccc(S(=O)(=O)F)cc2)C1. The third-order valence-corrected chi connectivity index (χ3v) is 3.95. The molecule has 0 N–H and O–H groups in total. The van der Waals surface area contributed by atoms with Crippen LogP contribution >= 0.6 is 0 Å². The minimum Gasteiger partial charge on any atom is -0.300 e. The highest BCUT2D eigenvalue weighted by Gasteiger charge is 2.21. The highest BCUT2D eigenvalue weighted by Crippen LogP contribution is 2.31. The second-order valence-electron chi connectivity index (χ2n) is 4.34. The molecule has 1 aromatic carbocycles. The maximum Gasteiger partial charge on any atom is 0.332 e. The second-order valence-corrected chi connectivity index (χ2v) is 5.69. The molecule has 0 bridgehead atoms. The van der Waals surface area contributed by atoms with Gasteiger partial charge < -0.3 is 0 Å². The standard InChI is InChI=1S/C12H13FO3S/c13-17(15,16)12-6-4-9(5-7-12)10-2-1-3-11(14)8-10/h4-7,10H,1-3,8H2. The van der Waals surface area contributed by atoms with Crippen LogP contribution < -0.4 is 0 Å². The summed E-state index contributed by atoms with van der Waals surface area (Å²) >= 11 is 0. The van der Waals surface area contributed by atoms with Crippen LogP contribution in [0.25, 0.3) is 0 Å². The molecule has 0 radical (unpaired) electrons. The summed E-state index contributed by atoms with van der Waals surface area (Å²) in [5, 5.41) is 0. The molecule has 0 heterocycles. The number of Topliss-reactive ketones (excluding diaryl/α,β-unsaturated/α-hetero) is 1. The topological polar surface area (TPSA) is 51.2 Å². The van der Waals surface area contributed by atoms with Gasteiger partial charge in [0.2, 0.25) is 0 Å². The number of hydrogen-bond donors (Lipinski definition) is 0. The van der Waals surface area contributed by atoms with Gasteiger partial charge in [-0.2, -0.15) is 8.42 Å². The van der Waals surface area contributed by atoms with Crippen LogP contribution in [0.15, 0.2) is 29.2 Å². The number of ketones is 1. The van der Waals surface area contributed by atoms with Gasteiger partial charge in [-0.15, -0.1) is 3.89 Å². The van der Waals surface area contributed by atoms with Crippen LogP contribution in [0.4, 0.5) is 3.89 Å². The summed E-state index contributed by atoms with van der Waals surface area (Å²) in [6, 6.07) is 5.69. The van der Waals surface area contributed by atoms with E-state index < -0.39 is 10.2 Å². The lowest BCUT2D eigenvalue weighted by atomic mass is 9.83. The van der Waals surface area contributed by atoms with E-state index in [0.29, 0.717) is 12.8 Å². The molecule has 1 unspecified atom stereocenters. The van der Waals surface area contributed by atoms with Crippen LogP contribution in [0.5, 0.6) is 0 Å². The summed E-state index contributed by atoms with van der Waals surface area (Å²) in [6.45, 7) is 0. The summed E-state index contributed by atoms with van der Waals surface area (Å²) in [6.07, 6.45) is 2.93. The van der Waals surface area contributed by atoms with Crippen LogP contribution in [-0.2, 0) is 15.0 Å². The van der Waals surface area contributed by atoms with E-state index in [0.717, 1.165) is 18.4 Å². The lowest BCUT2D eigenvalue weighted by Crippen LogP contribution is -2.13. The Morgan fingerprint density at radius 1 is 1.18 bits per heavy atom. The summed E-state index contributed by atoms with van der Waals surface area (Å²) in [5.74, 6) is 0.385. The Labute approximate surface area is 99.9 Å². The predicted molar refractivity (Wildman–Crippen MR) is 61.0 cm³/mol. The number of carbonyl (C=O) groups excluding carboxylic acids is 1. The zero-order chi connectivity index (χ0) is 12.5. The van der Waals surface area contributed by atoms with Gasteiger partial charge in [-0.05, 0) is 36.5 Å². The summed E-state index contributed by atoms with van der Waals surface area (Å²) in [4.78, 5) is 11.0. The molecule has 1 saturated carbocycles. The summed E-state index contributed by atoms with van der Waals surface area (Å²) in [7, 11) is -4.63. The minimum atomic E-state index is -4.63. The van der Waals surface area contributed by atoms with Gasteiger partial charge in [-0.3, -0.25) is 4.79 Å². The van der Waals surface area contributed by atoms with Gasteiger partial charge in [0.1, 0.15) is 5.78 Å². The fourth-order valence-electron chi connectivity index (χ4n) is 2.21. The molecule has 1 aliphatic rings. The molecule has 1 fully saturated rings. The van der Waals surface area contributed by atoms with Crippen molar-refractivity contribution in [2.24, 2.45) is 0 Å². The van der Waals surface area contributed by atoms with Gasteiger partial charge in [0.15, 0.2) is 0 Å². The fraction of sp³-hybridized carbons (Fsp3) is 0.417. The van der Waals surface area contributed by atoms with E-state index in [1.807, 2.05) is 0 Å². The Morgan fingerprint density at radius 2 is 1.82 bits per heavy atom. The van der Waals surface area contributed by atoms with Crippen molar-refractivity contribution >= 4 is 16.0 Å². The quantitative estimate of drug-likeness (QED) is 0.764. The smallest absolute Gasteiger partial charge is 0.300 e. The third kappa shape index (κ3) is 2.91. The van der Waals surface area contributed by atoms with Gasteiger partial charge in [0.25, 0.3) is 0 Å². The molecule has 1 atom stereocenters. The van der Waals surface area contributed by atoms with E-state index >= 15 is 0 Å². The lowest BCUT2D eigenvalue weighted by molar-refractivity contribution is -0.120. The first kappa shape index (κ1) is 12.2. The van der Waals surface area contributed by atoms with Crippen LogP contribution in [0.2, 0.25) is 0 Å². The van der Waals surface area contributed by atoms with E-state index in [9.17, 15) is 17.1 Å². The van der Waals surface area contributed by atoms with E-state index in [1.165, 1.54) is 12.1 Å². The number of hydrogen-bond acceptors (Lipinski definition) is 3. The molecule has 2 rings (SSSR count). The monoisotopic (exact) mass is 256 g/mol. The Kier molecular flexibility index (Phi) is 3.28. The fourth-order valence-corrected chi connectivity index (χ4v) is 2.67. The first-order valence-electron chi connectivity index (χ1n) is 5.53. The van der Waals surface area contributed by atoms with Gasteiger partial charge in [-0.1, -0.05) is 12.1 Å². The van der Waals surface area contributed by atoms with E-state index in [2.05, 4.69) is 0 Å². The van der Waals surface area contributed by atoms with Crippen molar-refractivity contribution in [3.8, 4) is 0 Å². The molecule has 17 heavy (non-hydrogen) atoms.